The van der Waals surface area contributed by atoms with Crippen molar-refractivity contribution in [3.05, 3.63) is 65.7 Å². The topological polar surface area (TPSA) is 66.3 Å². The molecule has 1 aromatic carbocycles. The van der Waals surface area contributed by atoms with Crippen molar-refractivity contribution in [2.45, 2.75) is 6.92 Å². The second kappa shape index (κ2) is 7.90. The number of carbonyl (C=O) groups is 1. The highest BCUT2D eigenvalue weighted by molar-refractivity contribution is 6.33. The Morgan fingerprint density at radius 1 is 1.07 bits per heavy atom. The number of rotatable bonds is 3. The molecular formula is C20H21ClN6O. The highest BCUT2D eigenvalue weighted by Crippen LogP contribution is 2.25. The van der Waals surface area contributed by atoms with Gasteiger partial charge in [-0.15, -0.1) is 0 Å². The lowest BCUT2D eigenvalue weighted by molar-refractivity contribution is 0.208. The molecule has 1 aliphatic heterocycles. The highest BCUT2D eigenvalue weighted by Gasteiger charge is 2.23. The fraction of sp³-hybridized carbons (Fsp3) is 0.250. The average Bonchev–Trinajstić information content (AvgIpc) is 3.15. The summed E-state index contributed by atoms with van der Waals surface area (Å²) in [7, 11) is 0. The standard InChI is InChI=1S/C20H21ClN6O/c1-15-7-9-27(24-15)19-5-3-2-4-17(19)23-20(28)26-12-10-25(11-13-26)18-6-8-22-14-16(18)21/h2-9,14H,10-13H2,1H3,(H,23,28). The van der Waals surface area contributed by atoms with Gasteiger partial charge < -0.3 is 15.1 Å². The molecule has 8 heteroatoms. The van der Waals surface area contributed by atoms with Crippen molar-refractivity contribution in [1.82, 2.24) is 19.7 Å². The first-order chi connectivity index (χ1) is 13.6. The SMILES string of the molecule is Cc1ccn(-c2ccccc2NC(=O)N2CCN(c3ccncc3Cl)CC2)n1. The summed E-state index contributed by atoms with van der Waals surface area (Å²) in [5.74, 6) is 0. The van der Waals surface area contributed by atoms with Gasteiger partial charge in [0.05, 0.1) is 27.8 Å². The molecule has 1 fully saturated rings. The Labute approximate surface area is 168 Å². The predicted octanol–water partition coefficient (Wildman–Crippen LogP) is 3.58. The van der Waals surface area contributed by atoms with Gasteiger partial charge in [0.15, 0.2) is 0 Å². The van der Waals surface area contributed by atoms with Crippen molar-refractivity contribution < 1.29 is 4.79 Å². The summed E-state index contributed by atoms with van der Waals surface area (Å²) in [6.07, 6.45) is 5.26. The summed E-state index contributed by atoms with van der Waals surface area (Å²) in [6.45, 7) is 4.61. The first-order valence-electron chi connectivity index (χ1n) is 9.14. The van der Waals surface area contributed by atoms with Crippen molar-refractivity contribution in [3.63, 3.8) is 0 Å². The maximum Gasteiger partial charge on any atom is 0.322 e. The molecule has 0 aliphatic carbocycles. The number of nitrogens with zero attached hydrogens (tertiary/aromatic N) is 5. The third-order valence-electron chi connectivity index (χ3n) is 4.77. The third-order valence-corrected chi connectivity index (χ3v) is 5.06. The molecule has 0 saturated carbocycles. The third kappa shape index (κ3) is 3.80. The van der Waals surface area contributed by atoms with Gasteiger partial charge in [-0.2, -0.15) is 5.10 Å². The molecule has 0 atom stereocenters. The van der Waals surface area contributed by atoms with Gasteiger partial charge in [0.25, 0.3) is 0 Å². The van der Waals surface area contributed by atoms with Crippen LogP contribution >= 0.6 is 11.6 Å². The van der Waals surface area contributed by atoms with E-state index in [-0.39, 0.29) is 6.03 Å². The lowest BCUT2D eigenvalue weighted by Gasteiger charge is -2.36. The first-order valence-corrected chi connectivity index (χ1v) is 9.52. The number of pyridine rings is 1. The van der Waals surface area contributed by atoms with Crippen LogP contribution in [-0.2, 0) is 0 Å². The van der Waals surface area contributed by atoms with Gasteiger partial charge in [-0.3, -0.25) is 4.98 Å². The number of hydrogen-bond donors (Lipinski definition) is 1. The van der Waals surface area contributed by atoms with E-state index in [0.29, 0.717) is 18.1 Å². The van der Waals surface area contributed by atoms with Crippen molar-refractivity contribution in [1.29, 1.82) is 0 Å². The molecule has 1 N–H and O–H groups in total. The van der Waals surface area contributed by atoms with Crippen molar-refractivity contribution >= 4 is 29.0 Å². The minimum atomic E-state index is -0.114. The lowest BCUT2D eigenvalue weighted by atomic mass is 10.2. The Morgan fingerprint density at radius 2 is 1.86 bits per heavy atom. The molecule has 144 valence electrons. The van der Waals surface area contributed by atoms with Crippen LogP contribution < -0.4 is 10.2 Å². The van der Waals surface area contributed by atoms with E-state index in [1.165, 1.54) is 0 Å². The zero-order valence-corrected chi connectivity index (χ0v) is 16.3. The minimum absolute atomic E-state index is 0.114. The molecule has 0 spiro atoms. The molecule has 2 amide bonds. The number of amides is 2. The summed E-state index contributed by atoms with van der Waals surface area (Å²) in [5, 5.41) is 8.09. The first kappa shape index (κ1) is 18.3. The Balaban J connectivity index is 1.43. The maximum atomic E-state index is 12.8. The number of nitrogens with one attached hydrogen (secondary N) is 1. The van der Waals surface area contributed by atoms with Gasteiger partial charge in [-0.1, -0.05) is 23.7 Å². The van der Waals surface area contributed by atoms with Gasteiger partial charge in [-0.25, -0.2) is 9.48 Å². The van der Waals surface area contributed by atoms with Crippen LogP contribution in [0.25, 0.3) is 5.69 Å². The van der Waals surface area contributed by atoms with Crippen LogP contribution in [-0.4, -0.2) is 51.9 Å². The molecule has 28 heavy (non-hydrogen) atoms. The molecule has 1 aliphatic rings. The van der Waals surface area contributed by atoms with Crippen LogP contribution in [0.3, 0.4) is 0 Å². The number of halogens is 1. The van der Waals surface area contributed by atoms with Crippen molar-refractivity contribution in [3.8, 4) is 5.69 Å². The van der Waals surface area contributed by atoms with Crippen LogP contribution in [0.4, 0.5) is 16.2 Å². The highest BCUT2D eigenvalue weighted by atomic mass is 35.5. The number of aromatic nitrogens is 3. The van der Waals surface area contributed by atoms with Gasteiger partial charge in [0, 0.05) is 44.8 Å². The summed E-state index contributed by atoms with van der Waals surface area (Å²) < 4.78 is 1.77. The van der Waals surface area contributed by atoms with E-state index >= 15 is 0 Å². The number of benzene rings is 1. The molecule has 2 aromatic heterocycles. The van der Waals surface area contributed by atoms with Crippen molar-refractivity contribution in [2.75, 3.05) is 36.4 Å². The van der Waals surface area contributed by atoms with E-state index in [2.05, 4.69) is 20.3 Å². The van der Waals surface area contributed by atoms with Crippen LogP contribution in [0, 0.1) is 6.92 Å². The quantitative estimate of drug-likeness (QED) is 0.734. The Bertz CT molecular complexity index is 980. The van der Waals surface area contributed by atoms with E-state index in [4.69, 9.17) is 11.6 Å². The zero-order valence-electron chi connectivity index (χ0n) is 15.5. The van der Waals surface area contributed by atoms with Crippen LogP contribution in [0.2, 0.25) is 5.02 Å². The summed E-state index contributed by atoms with van der Waals surface area (Å²) >= 11 is 6.24. The molecule has 3 aromatic rings. The monoisotopic (exact) mass is 396 g/mol. The molecule has 3 heterocycles. The van der Waals surface area contributed by atoms with E-state index in [1.54, 1.807) is 17.1 Å². The van der Waals surface area contributed by atoms with Crippen LogP contribution in [0.1, 0.15) is 5.69 Å². The van der Waals surface area contributed by atoms with Crippen molar-refractivity contribution in [2.24, 2.45) is 0 Å². The van der Waals surface area contributed by atoms with E-state index in [1.807, 2.05) is 54.4 Å². The van der Waals surface area contributed by atoms with Gasteiger partial charge in [-0.05, 0) is 31.2 Å². The second-order valence-corrected chi connectivity index (χ2v) is 7.06. The molecule has 0 unspecified atom stereocenters. The average molecular weight is 397 g/mol. The normalized spacial score (nSPS) is 14.2. The van der Waals surface area contributed by atoms with Gasteiger partial charge in [0.2, 0.25) is 0 Å². The van der Waals surface area contributed by atoms with E-state index in [0.717, 1.165) is 35.8 Å². The number of carbonyl (C=O) groups excluding carboxylic acids is 1. The molecule has 4 rings (SSSR count). The number of anilines is 2. The number of urea groups is 1. The summed E-state index contributed by atoms with van der Waals surface area (Å²) in [6, 6.07) is 11.4. The number of para-hydroxylation sites is 2. The molecule has 0 radical (unpaired) electrons. The molecular weight excluding hydrogens is 376 g/mol. The Morgan fingerprint density at radius 3 is 2.57 bits per heavy atom. The smallest absolute Gasteiger partial charge is 0.322 e. The molecule has 1 saturated heterocycles. The number of hydrogen-bond acceptors (Lipinski definition) is 4. The summed E-state index contributed by atoms with van der Waals surface area (Å²) in [4.78, 5) is 20.8. The fourth-order valence-electron chi connectivity index (χ4n) is 3.30. The van der Waals surface area contributed by atoms with Crippen LogP contribution in [0.5, 0.6) is 0 Å². The second-order valence-electron chi connectivity index (χ2n) is 6.65. The fourth-order valence-corrected chi connectivity index (χ4v) is 3.54. The zero-order chi connectivity index (χ0) is 19.5. The molecule has 0 bridgehead atoms. The van der Waals surface area contributed by atoms with E-state index in [9.17, 15) is 4.79 Å². The van der Waals surface area contributed by atoms with Crippen LogP contribution in [0.15, 0.2) is 55.0 Å². The Hall–Kier alpha value is -3.06. The minimum Gasteiger partial charge on any atom is -0.367 e. The van der Waals surface area contributed by atoms with Gasteiger partial charge >= 0.3 is 6.03 Å². The van der Waals surface area contributed by atoms with E-state index < -0.39 is 0 Å². The Kier molecular flexibility index (Phi) is 5.16. The lowest BCUT2D eigenvalue weighted by Crippen LogP contribution is -2.50. The summed E-state index contributed by atoms with van der Waals surface area (Å²) in [5.41, 5.74) is 3.45. The number of aryl methyl sites for hydroxylation is 1. The molecule has 7 nitrogen and oxygen atoms in total. The number of piperazine rings is 1. The largest absolute Gasteiger partial charge is 0.367 e. The van der Waals surface area contributed by atoms with Gasteiger partial charge in [0.1, 0.15) is 0 Å². The maximum absolute atomic E-state index is 12.8. The predicted molar refractivity (Wildman–Crippen MR) is 110 cm³/mol.